The first kappa shape index (κ1) is 28.4. The molecule has 6 aromatic rings. The lowest BCUT2D eigenvalue weighted by Gasteiger charge is -1.98. The molecule has 0 fully saturated rings. The van der Waals surface area contributed by atoms with E-state index in [-0.39, 0.29) is 55.9 Å². The van der Waals surface area contributed by atoms with Crippen molar-refractivity contribution in [3.05, 3.63) is 102 Å². The molecule has 3 aromatic carbocycles. The van der Waals surface area contributed by atoms with Crippen molar-refractivity contribution in [3.8, 4) is 12.1 Å². The second-order valence-electron chi connectivity index (χ2n) is 10.6. The number of carbonyl (C=O) groups excluding carboxylic acids is 4. The predicted molar refractivity (Wildman–Crippen MR) is 173 cm³/mol. The Bertz CT molecular complexity index is 2570. The van der Waals surface area contributed by atoms with Gasteiger partial charge >= 0.3 is 0 Å². The Kier molecular flexibility index (Phi) is 5.91. The van der Waals surface area contributed by atoms with Gasteiger partial charge in [0.25, 0.3) is 0 Å². The number of hydrogen-bond acceptors (Lipinski definition) is 12. The van der Waals surface area contributed by atoms with Gasteiger partial charge in [0.05, 0.1) is 44.8 Å². The highest BCUT2D eigenvalue weighted by Gasteiger charge is 2.36. The molecule has 3 aromatic heterocycles. The lowest BCUT2D eigenvalue weighted by molar-refractivity contribution is 0.0975. The Morgan fingerprint density at radius 2 is 1.04 bits per heavy atom. The molecular weight excluding hydrogens is 651 g/mol. The summed E-state index contributed by atoms with van der Waals surface area (Å²) in [4.78, 5) is 70.4. The number of nitrogens with zero attached hydrogens (tertiary/aromatic N) is 9. The number of ketones is 4. The Hall–Kier alpha value is -7.04. The standard InChI is InChI=1S/C33H9N9O4S2/c1-36-20-6-16-17(7-21(20)37-2)31(46)19(30(16)45)9-23-39-27-25-24(40-42(3)41-25)26-32(33(27)48-23)47-22(38-26)8-18-28(43)14-4-12(10-34)13(11-35)5-15(14)29(18)44/h4-9H,3H3. The Morgan fingerprint density at radius 1 is 0.667 bits per heavy atom. The number of fused-ring (bicyclic) bond motifs is 8. The number of allylic oxidation sites excluding steroid dienone is 2. The van der Waals surface area contributed by atoms with Crippen LogP contribution in [0.3, 0.4) is 0 Å². The van der Waals surface area contributed by atoms with Gasteiger partial charge in [-0.3, -0.25) is 28.9 Å². The van der Waals surface area contributed by atoms with Gasteiger partial charge in [-0.15, -0.1) is 22.7 Å². The van der Waals surface area contributed by atoms with Gasteiger partial charge in [0.1, 0.15) is 44.2 Å². The van der Waals surface area contributed by atoms with Crippen LogP contribution >= 0.6 is 22.7 Å². The summed E-state index contributed by atoms with van der Waals surface area (Å²) < 4.78 is 1.24. The third-order valence-electron chi connectivity index (χ3n) is 7.90. The molecule has 222 valence electrons. The first-order valence-corrected chi connectivity index (χ1v) is 15.3. The number of nitriles is 2. The van der Waals surface area contributed by atoms with Gasteiger partial charge in [0.15, 0.2) is 34.5 Å². The number of benzene rings is 3. The van der Waals surface area contributed by atoms with Crippen molar-refractivity contribution in [2.24, 2.45) is 7.05 Å². The molecule has 15 heteroatoms. The Labute approximate surface area is 275 Å². The van der Waals surface area contributed by atoms with E-state index in [1.54, 1.807) is 7.05 Å². The zero-order valence-corrected chi connectivity index (χ0v) is 25.6. The van der Waals surface area contributed by atoms with Crippen LogP contribution in [0, 0.1) is 35.8 Å². The largest absolute Gasteiger partial charge is 0.288 e. The minimum Gasteiger partial charge on any atom is -0.288 e. The fourth-order valence-corrected chi connectivity index (χ4v) is 7.89. The van der Waals surface area contributed by atoms with Crippen molar-refractivity contribution in [2.45, 2.75) is 0 Å². The molecule has 0 aliphatic heterocycles. The topological polar surface area (TPSA) is 181 Å². The molecule has 0 unspecified atom stereocenters. The van der Waals surface area contributed by atoms with E-state index in [0.717, 1.165) is 0 Å². The zero-order valence-electron chi connectivity index (χ0n) is 23.9. The number of aryl methyl sites for hydroxylation is 1. The molecule has 0 amide bonds. The van der Waals surface area contributed by atoms with Gasteiger partial charge in [0.2, 0.25) is 0 Å². The van der Waals surface area contributed by atoms with Crippen LogP contribution in [0.4, 0.5) is 11.4 Å². The van der Waals surface area contributed by atoms with Crippen LogP contribution in [0.15, 0.2) is 35.4 Å². The van der Waals surface area contributed by atoms with Crippen molar-refractivity contribution >= 4 is 101 Å². The normalized spacial score (nSPS) is 13.5. The molecule has 0 saturated carbocycles. The van der Waals surface area contributed by atoms with Crippen LogP contribution in [0.25, 0.3) is 53.3 Å². The van der Waals surface area contributed by atoms with E-state index in [0.29, 0.717) is 41.5 Å². The van der Waals surface area contributed by atoms with E-state index < -0.39 is 23.1 Å². The van der Waals surface area contributed by atoms with E-state index in [2.05, 4.69) is 24.9 Å². The van der Waals surface area contributed by atoms with Crippen LogP contribution in [0.1, 0.15) is 62.6 Å². The highest BCUT2D eigenvalue weighted by molar-refractivity contribution is 7.27. The second kappa shape index (κ2) is 9.98. The zero-order chi connectivity index (χ0) is 33.6. The maximum Gasteiger partial charge on any atom is 0.197 e. The Balaban J connectivity index is 1.26. The van der Waals surface area contributed by atoms with Crippen molar-refractivity contribution in [3.63, 3.8) is 0 Å². The van der Waals surface area contributed by atoms with Gasteiger partial charge in [-0.05, 0) is 24.3 Å². The smallest absolute Gasteiger partial charge is 0.197 e. The number of rotatable bonds is 2. The summed E-state index contributed by atoms with van der Waals surface area (Å²) in [5, 5.41) is 28.3. The summed E-state index contributed by atoms with van der Waals surface area (Å²) in [5.74, 6) is -2.33. The van der Waals surface area contributed by atoms with E-state index in [4.69, 9.17) is 18.1 Å². The first-order valence-electron chi connectivity index (χ1n) is 13.6. The summed E-state index contributed by atoms with van der Waals surface area (Å²) in [6.07, 6.45) is 2.74. The highest BCUT2D eigenvalue weighted by atomic mass is 32.1. The second-order valence-corrected chi connectivity index (χ2v) is 12.6. The van der Waals surface area contributed by atoms with Gasteiger partial charge in [-0.1, -0.05) is 12.1 Å². The molecule has 2 aliphatic rings. The van der Waals surface area contributed by atoms with Gasteiger partial charge in [0, 0.05) is 29.3 Å². The molecular formula is C33H9N9O4S2. The average molecular weight is 660 g/mol. The summed E-state index contributed by atoms with van der Waals surface area (Å²) in [7, 11) is 1.63. The molecule has 0 spiro atoms. The number of Topliss-reactive ketones (excluding diaryl/α,β-unsaturated/α-hetero) is 4. The molecule has 13 nitrogen and oxygen atoms in total. The van der Waals surface area contributed by atoms with E-state index >= 15 is 0 Å². The van der Waals surface area contributed by atoms with Gasteiger partial charge < -0.3 is 0 Å². The molecule has 0 radical (unpaired) electrons. The molecule has 0 atom stereocenters. The minimum atomic E-state index is -0.587. The van der Waals surface area contributed by atoms with Crippen LogP contribution in [0.2, 0.25) is 0 Å². The Morgan fingerprint density at radius 3 is 1.40 bits per heavy atom. The number of hydrogen-bond donors (Lipinski definition) is 0. The molecule has 2 aliphatic carbocycles. The summed E-state index contributed by atoms with van der Waals surface area (Å²) in [6, 6.07) is 8.77. The predicted octanol–water partition coefficient (Wildman–Crippen LogP) is 5.96. The first-order chi connectivity index (χ1) is 23.1. The van der Waals surface area contributed by atoms with E-state index in [1.165, 1.54) is 63.9 Å². The third-order valence-corrected chi connectivity index (χ3v) is 10.1. The quantitative estimate of drug-likeness (QED) is 0.122. The summed E-state index contributed by atoms with van der Waals surface area (Å²) in [5.41, 5.74) is 1.53. The lowest BCUT2D eigenvalue weighted by Crippen LogP contribution is -2.00. The number of aromatic nitrogens is 5. The van der Waals surface area contributed by atoms with E-state index in [9.17, 15) is 29.7 Å². The maximum absolute atomic E-state index is 13.3. The van der Waals surface area contributed by atoms with Crippen LogP contribution in [0.5, 0.6) is 0 Å². The average Bonchev–Trinajstić information content (AvgIpc) is 3.89. The van der Waals surface area contributed by atoms with Crippen molar-refractivity contribution in [1.29, 1.82) is 10.5 Å². The van der Waals surface area contributed by atoms with Crippen LogP contribution < -0.4 is 0 Å². The van der Waals surface area contributed by atoms with Crippen molar-refractivity contribution < 1.29 is 19.2 Å². The number of carbonyl (C=O) groups is 4. The summed E-state index contributed by atoms with van der Waals surface area (Å²) >= 11 is 2.36. The molecule has 0 bridgehead atoms. The van der Waals surface area contributed by atoms with Crippen LogP contribution in [-0.4, -0.2) is 48.1 Å². The molecule has 3 heterocycles. The fourth-order valence-electron chi connectivity index (χ4n) is 5.74. The minimum absolute atomic E-state index is 0.00632. The van der Waals surface area contributed by atoms with E-state index in [1.807, 2.05) is 12.1 Å². The fraction of sp³-hybridized carbons (Fsp3) is 0.0303. The lowest BCUT2D eigenvalue weighted by atomic mass is 10.0. The van der Waals surface area contributed by atoms with Crippen molar-refractivity contribution in [1.82, 2.24) is 25.0 Å². The molecule has 0 saturated heterocycles. The van der Waals surface area contributed by atoms with Crippen molar-refractivity contribution in [2.75, 3.05) is 0 Å². The SMILES string of the molecule is [C-]#[N+]c1cc2c(cc1[N+]#[C-])C(=O)C(=Cc1nc3c4nn(C)nc4c4nc(C=C5C(=O)c6cc(C#N)c(C#N)cc6C5=O)sc4c3s1)C2=O. The molecule has 0 N–H and O–H groups in total. The van der Waals surface area contributed by atoms with Gasteiger partial charge in [-0.2, -0.15) is 25.5 Å². The number of thiazole rings is 2. The maximum atomic E-state index is 13.3. The highest BCUT2D eigenvalue weighted by Crippen LogP contribution is 2.42. The summed E-state index contributed by atoms with van der Waals surface area (Å²) in [6.45, 7) is 14.6. The molecule has 8 rings (SSSR count). The van der Waals surface area contributed by atoms with Gasteiger partial charge in [-0.25, -0.2) is 9.97 Å². The third kappa shape index (κ3) is 3.84. The monoisotopic (exact) mass is 659 g/mol. The molecule has 48 heavy (non-hydrogen) atoms. The van der Waals surface area contributed by atoms with Crippen LogP contribution in [-0.2, 0) is 7.05 Å².